The molecule has 5 nitrogen and oxygen atoms in total. The summed E-state index contributed by atoms with van der Waals surface area (Å²) >= 11 is 3.19. The quantitative estimate of drug-likeness (QED) is 0.711. The Balaban J connectivity index is 1.87. The number of aromatic nitrogens is 3. The molecule has 126 valence electrons. The molecule has 0 saturated carbocycles. The summed E-state index contributed by atoms with van der Waals surface area (Å²) < 4.78 is 21.3. The summed E-state index contributed by atoms with van der Waals surface area (Å²) in [6.07, 6.45) is 0.818. The van der Waals surface area contributed by atoms with Crippen molar-refractivity contribution in [3.8, 4) is 5.88 Å². The maximum absolute atomic E-state index is 13.7. The van der Waals surface area contributed by atoms with Gasteiger partial charge in [0.15, 0.2) is 0 Å². The van der Waals surface area contributed by atoms with E-state index in [0.717, 1.165) is 28.9 Å². The molecule has 0 aliphatic rings. The smallest absolute Gasteiger partial charge is 0.216 e. The van der Waals surface area contributed by atoms with E-state index in [1.165, 1.54) is 6.07 Å². The number of methoxy groups -OCH3 is 1. The van der Waals surface area contributed by atoms with Crippen LogP contribution in [0, 0.1) is 5.82 Å². The van der Waals surface area contributed by atoms with E-state index in [0.29, 0.717) is 22.4 Å². The number of nitrogens with zero attached hydrogens (tertiary/aromatic N) is 3. The number of benzene rings is 1. The third-order valence-electron chi connectivity index (χ3n) is 3.88. The molecule has 0 radical (unpaired) electrons. The zero-order chi connectivity index (χ0) is 17.3. The van der Waals surface area contributed by atoms with Gasteiger partial charge in [-0.2, -0.15) is 5.10 Å². The van der Waals surface area contributed by atoms with Crippen LogP contribution in [-0.2, 0) is 20.0 Å². The van der Waals surface area contributed by atoms with Crippen LogP contribution < -0.4 is 10.1 Å². The molecule has 3 aromatic rings. The molecule has 24 heavy (non-hydrogen) atoms. The second-order valence-corrected chi connectivity index (χ2v) is 6.28. The third kappa shape index (κ3) is 3.08. The van der Waals surface area contributed by atoms with Crippen LogP contribution in [0.25, 0.3) is 10.9 Å². The van der Waals surface area contributed by atoms with Gasteiger partial charge in [-0.1, -0.05) is 6.92 Å². The Morgan fingerprint density at radius 1 is 1.33 bits per heavy atom. The van der Waals surface area contributed by atoms with Gasteiger partial charge in [0, 0.05) is 25.0 Å². The Labute approximate surface area is 148 Å². The highest BCUT2D eigenvalue weighted by atomic mass is 79.9. The minimum atomic E-state index is -0.325. The Kier molecular flexibility index (Phi) is 4.71. The van der Waals surface area contributed by atoms with E-state index in [1.807, 2.05) is 19.2 Å². The zero-order valence-electron chi connectivity index (χ0n) is 13.7. The molecule has 7 heteroatoms. The molecular weight excluding hydrogens is 375 g/mol. The van der Waals surface area contributed by atoms with E-state index in [4.69, 9.17) is 4.74 Å². The second-order valence-electron chi connectivity index (χ2n) is 5.42. The average molecular weight is 393 g/mol. The van der Waals surface area contributed by atoms with E-state index in [1.54, 1.807) is 17.9 Å². The standard InChI is InChI=1S/C17H18BrFN4O/c1-4-14-11(17(24-3)23(2)22-14)9-20-16-6-5-10-7-12(18)13(19)8-15(10)21-16/h5-8H,4,9H2,1-3H3,(H,20,21). The molecule has 0 spiro atoms. The fraction of sp³-hybridized carbons (Fsp3) is 0.294. The van der Waals surface area contributed by atoms with Gasteiger partial charge in [-0.3, -0.25) is 0 Å². The lowest BCUT2D eigenvalue weighted by molar-refractivity contribution is 0.369. The highest BCUT2D eigenvalue weighted by molar-refractivity contribution is 9.10. The first-order chi connectivity index (χ1) is 11.5. The van der Waals surface area contributed by atoms with Gasteiger partial charge in [-0.15, -0.1) is 0 Å². The van der Waals surface area contributed by atoms with Gasteiger partial charge in [-0.05, 0) is 40.5 Å². The van der Waals surface area contributed by atoms with Crippen LogP contribution in [0.3, 0.4) is 0 Å². The van der Waals surface area contributed by atoms with Crippen LogP contribution >= 0.6 is 15.9 Å². The Hall–Kier alpha value is -2.15. The molecule has 2 heterocycles. The summed E-state index contributed by atoms with van der Waals surface area (Å²) in [6, 6.07) is 6.94. The van der Waals surface area contributed by atoms with Gasteiger partial charge in [0.2, 0.25) is 5.88 Å². The minimum Gasteiger partial charge on any atom is -0.481 e. The first-order valence-corrected chi connectivity index (χ1v) is 8.41. The number of pyridine rings is 1. The highest BCUT2D eigenvalue weighted by Crippen LogP contribution is 2.25. The van der Waals surface area contributed by atoms with Gasteiger partial charge >= 0.3 is 0 Å². The normalized spacial score (nSPS) is 11.0. The monoisotopic (exact) mass is 392 g/mol. The maximum atomic E-state index is 13.7. The lowest BCUT2D eigenvalue weighted by Crippen LogP contribution is -2.05. The predicted molar refractivity (Wildman–Crippen MR) is 95.9 cm³/mol. The first kappa shape index (κ1) is 16.7. The highest BCUT2D eigenvalue weighted by Gasteiger charge is 2.15. The number of anilines is 1. The number of halogens is 2. The van der Waals surface area contributed by atoms with E-state index < -0.39 is 0 Å². The Bertz CT molecular complexity index is 894. The number of hydrogen-bond donors (Lipinski definition) is 1. The van der Waals surface area contributed by atoms with Crippen molar-refractivity contribution in [1.82, 2.24) is 14.8 Å². The summed E-state index contributed by atoms with van der Waals surface area (Å²) in [5.41, 5.74) is 2.60. The SMILES string of the molecule is CCc1nn(C)c(OC)c1CNc1ccc2cc(Br)c(F)cc2n1. The van der Waals surface area contributed by atoms with Crippen molar-refractivity contribution in [2.75, 3.05) is 12.4 Å². The van der Waals surface area contributed by atoms with Gasteiger partial charge in [0.25, 0.3) is 0 Å². The van der Waals surface area contributed by atoms with Crippen LogP contribution in [0.15, 0.2) is 28.7 Å². The van der Waals surface area contributed by atoms with Gasteiger partial charge in [0.05, 0.1) is 28.4 Å². The Morgan fingerprint density at radius 3 is 2.83 bits per heavy atom. The molecule has 0 fully saturated rings. The van der Waals surface area contributed by atoms with Crippen molar-refractivity contribution in [3.63, 3.8) is 0 Å². The summed E-state index contributed by atoms with van der Waals surface area (Å²) in [5, 5.41) is 8.61. The van der Waals surface area contributed by atoms with Crippen molar-refractivity contribution in [1.29, 1.82) is 0 Å². The van der Waals surface area contributed by atoms with Crippen molar-refractivity contribution >= 4 is 32.7 Å². The third-order valence-corrected chi connectivity index (χ3v) is 4.48. The van der Waals surface area contributed by atoms with Crippen molar-refractivity contribution in [2.45, 2.75) is 19.9 Å². The number of fused-ring (bicyclic) bond motifs is 1. The van der Waals surface area contributed by atoms with Crippen molar-refractivity contribution in [3.05, 3.63) is 45.8 Å². The van der Waals surface area contributed by atoms with Gasteiger partial charge < -0.3 is 10.1 Å². The van der Waals surface area contributed by atoms with Crippen LogP contribution in [0.4, 0.5) is 10.2 Å². The second kappa shape index (κ2) is 6.76. The number of nitrogens with one attached hydrogen (secondary N) is 1. The van der Waals surface area contributed by atoms with Crippen LogP contribution in [0.5, 0.6) is 5.88 Å². The van der Waals surface area contributed by atoms with Crippen LogP contribution in [0.2, 0.25) is 0 Å². The van der Waals surface area contributed by atoms with E-state index in [9.17, 15) is 4.39 Å². The lowest BCUT2D eigenvalue weighted by Gasteiger charge is -2.09. The molecule has 0 unspecified atom stereocenters. The molecule has 0 saturated heterocycles. The van der Waals surface area contributed by atoms with E-state index in [2.05, 4.69) is 38.3 Å². The molecule has 0 atom stereocenters. The summed E-state index contributed by atoms with van der Waals surface area (Å²) in [7, 11) is 3.49. The molecule has 1 N–H and O–H groups in total. The molecule has 3 rings (SSSR count). The fourth-order valence-corrected chi connectivity index (χ4v) is 3.08. The molecule has 1 aromatic carbocycles. The Morgan fingerprint density at radius 2 is 2.12 bits per heavy atom. The number of hydrogen-bond acceptors (Lipinski definition) is 4. The predicted octanol–water partition coefficient (Wildman–Crippen LogP) is 4.05. The van der Waals surface area contributed by atoms with E-state index >= 15 is 0 Å². The van der Waals surface area contributed by atoms with Crippen LogP contribution in [-0.4, -0.2) is 21.9 Å². The summed E-state index contributed by atoms with van der Waals surface area (Å²) in [4.78, 5) is 4.47. The van der Waals surface area contributed by atoms with Crippen molar-refractivity contribution in [2.24, 2.45) is 7.05 Å². The van der Waals surface area contributed by atoms with Gasteiger partial charge in [-0.25, -0.2) is 14.1 Å². The molecular formula is C17H18BrFN4O. The molecule has 2 aromatic heterocycles. The summed E-state index contributed by atoms with van der Waals surface area (Å²) in [5.74, 6) is 1.08. The fourth-order valence-electron chi connectivity index (χ4n) is 2.72. The van der Waals surface area contributed by atoms with Crippen molar-refractivity contribution < 1.29 is 9.13 Å². The number of rotatable bonds is 5. The molecule has 0 aliphatic carbocycles. The minimum absolute atomic E-state index is 0.325. The maximum Gasteiger partial charge on any atom is 0.216 e. The van der Waals surface area contributed by atoms with Crippen LogP contribution in [0.1, 0.15) is 18.2 Å². The molecule has 0 amide bonds. The van der Waals surface area contributed by atoms with E-state index in [-0.39, 0.29) is 5.82 Å². The topological polar surface area (TPSA) is 52.0 Å². The number of ether oxygens (including phenoxy) is 1. The largest absolute Gasteiger partial charge is 0.481 e. The summed E-state index contributed by atoms with van der Waals surface area (Å²) in [6.45, 7) is 2.60. The average Bonchev–Trinajstić information content (AvgIpc) is 2.88. The number of aryl methyl sites for hydroxylation is 2. The zero-order valence-corrected chi connectivity index (χ0v) is 15.3. The van der Waals surface area contributed by atoms with Gasteiger partial charge in [0.1, 0.15) is 11.6 Å². The first-order valence-electron chi connectivity index (χ1n) is 7.62. The lowest BCUT2D eigenvalue weighted by atomic mass is 10.2. The molecule has 0 bridgehead atoms. The molecule has 0 aliphatic heterocycles.